The number of carbonyl (C=O) groups is 6. The van der Waals surface area contributed by atoms with Gasteiger partial charge in [-0.05, 0) is 26.7 Å². The van der Waals surface area contributed by atoms with E-state index in [4.69, 9.17) is 21.1 Å². The summed E-state index contributed by atoms with van der Waals surface area (Å²) in [5, 5.41) is 52.1. The van der Waals surface area contributed by atoms with E-state index in [9.17, 15) is 39.0 Å². The van der Waals surface area contributed by atoms with Gasteiger partial charge in [0.1, 0.15) is 18.1 Å². The number of carbonyl (C=O) groups excluding carboxylic acids is 3. The Morgan fingerprint density at radius 1 is 0.697 bits per heavy atom. The van der Waals surface area contributed by atoms with Crippen molar-refractivity contribution in [2.24, 2.45) is 5.73 Å². The summed E-state index contributed by atoms with van der Waals surface area (Å²) < 4.78 is 0. The highest BCUT2D eigenvalue weighted by Gasteiger charge is 2.32. The molecule has 0 aliphatic rings. The van der Waals surface area contributed by atoms with E-state index >= 15 is 0 Å². The van der Waals surface area contributed by atoms with Crippen LogP contribution < -0.4 is 21.7 Å². The lowest BCUT2D eigenvalue weighted by Gasteiger charge is -2.25. The van der Waals surface area contributed by atoms with E-state index in [-0.39, 0.29) is 0 Å². The summed E-state index contributed by atoms with van der Waals surface area (Å²) in [5.41, 5.74) is 5.49. The monoisotopic (exact) mass is 478 g/mol. The van der Waals surface area contributed by atoms with Crippen molar-refractivity contribution in [2.75, 3.05) is 0 Å². The lowest BCUT2D eigenvalue weighted by Crippen LogP contribution is -2.59. The minimum absolute atomic E-state index is 0.432. The number of aliphatic hydroxyl groups excluding tert-OH is 2. The SMILES string of the molecule is CC(O)C(N)C(=O)NC(CCC(=O)O)C(=O)NC(CCC(=O)O)C(=O)NC(C(=O)O)C(C)O. The second kappa shape index (κ2) is 14.0. The molecule has 0 aliphatic heterocycles. The number of aliphatic carboxylic acids is 3. The van der Waals surface area contributed by atoms with E-state index < -0.39 is 97.7 Å². The molecule has 33 heavy (non-hydrogen) atoms. The highest BCUT2D eigenvalue weighted by atomic mass is 16.4. The Balaban J connectivity index is 5.63. The molecule has 0 saturated carbocycles. The van der Waals surface area contributed by atoms with Gasteiger partial charge in [-0.2, -0.15) is 0 Å². The average molecular weight is 478 g/mol. The third-order valence-corrected chi connectivity index (χ3v) is 4.43. The maximum atomic E-state index is 12.7. The molecule has 3 amide bonds. The second-order valence-electron chi connectivity index (χ2n) is 7.32. The first-order valence-corrected chi connectivity index (χ1v) is 9.86. The molecule has 0 heterocycles. The van der Waals surface area contributed by atoms with Crippen LogP contribution in [0.2, 0.25) is 0 Å². The molecule has 0 fully saturated rings. The third-order valence-electron chi connectivity index (χ3n) is 4.43. The smallest absolute Gasteiger partial charge is 0.328 e. The Morgan fingerprint density at radius 3 is 1.42 bits per heavy atom. The van der Waals surface area contributed by atoms with Gasteiger partial charge >= 0.3 is 17.9 Å². The van der Waals surface area contributed by atoms with Gasteiger partial charge in [0.2, 0.25) is 17.7 Å². The van der Waals surface area contributed by atoms with E-state index in [1.54, 1.807) is 0 Å². The zero-order valence-corrected chi connectivity index (χ0v) is 18.1. The van der Waals surface area contributed by atoms with Crippen LogP contribution >= 0.6 is 0 Å². The van der Waals surface area contributed by atoms with E-state index in [2.05, 4.69) is 10.6 Å². The number of rotatable bonds is 15. The van der Waals surface area contributed by atoms with Gasteiger partial charge in [-0.15, -0.1) is 0 Å². The highest BCUT2D eigenvalue weighted by molar-refractivity contribution is 5.94. The number of nitrogens with two attached hydrogens (primary N) is 1. The molecule has 15 nitrogen and oxygen atoms in total. The van der Waals surface area contributed by atoms with Gasteiger partial charge in [-0.3, -0.25) is 24.0 Å². The standard InChI is InChI=1S/C18H30N4O11/c1-7(23)13(19)17(31)21-9(3-5-11(25)26)15(29)20-10(4-6-12(27)28)16(30)22-14(8(2)24)18(32)33/h7-10,13-14,23-24H,3-6,19H2,1-2H3,(H,20,29)(H,21,31)(H,22,30)(H,25,26)(H,27,28)(H,32,33). The first-order valence-electron chi connectivity index (χ1n) is 9.86. The van der Waals surface area contributed by atoms with Crippen LogP contribution in [0.15, 0.2) is 0 Å². The summed E-state index contributed by atoms with van der Waals surface area (Å²) in [6, 6.07) is -6.32. The molecule has 0 saturated heterocycles. The van der Waals surface area contributed by atoms with Crippen LogP contribution in [-0.4, -0.2) is 97.5 Å². The molecule has 0 aromatic carbocycles. The molecule has 0 spiro atoms. The maximum Gasteiger partial charge on any atom is 0.328 e. The Bertz CT molecular complexity index is 741. The molecule has 188 valence electrons. The molecule has 0 aromatic heterocycles. The number of nitrogens with one attached hydrogen (secondary N) is 3. The predicted molar refractivity (Wildman–Crippen MR) is 109 cm³/mol. The first kappa shape index (κ1) is 29.7. The molecular weight excluding hydrogens is 448 g/mol. The van der Waals surface area contributed by atoms with Crippen molar-refractivity contribution >= 4 is 35.6 Å². The van der Waals surface area contributed by atoms with Crippen molar-refractivity contribution in [2.45, 2.75) is 75.9 Å². The van der Waals surface area contributed by atoms with Crippen molar-refractivity contribution in [3.8, 4) is 0 Å². The molecule has 0 bridgehead atoms. The minimum atomic E-state index is -1.76. The molecular formula is C18H30N4O11. The molecule has 6 unspecified atom stereocenters. The fourth-order valence-electron chi connectivity index (χ4n) is 2.48. The third kappa shape index (κ3) is 11.2. The summed E-state index contributed by atoms with van der Waals surface area (Å²) >= 11 is 0. The first-order chi connectivity index (χ1) is 15.2. The zero-order valence-electron chi connectivity index (χ0n) is 18.1. The van der Waals surface area contributed by atoms with Crippen molar-refractivity contribution < 1.29 is 54.3 Å². The molecule has 0 rings (SSSR count). The zero-order chi connectivity index (χ0) is 25.9. The van der Waals surface area contributed by atoms with Crippen LogP contribution in [0.25, 0.3) is 0 Å². The maximum absolute atomic E-state index is 12.7. The summed E-state index contributed by atoms with van der Waals surface area (Å²) in [6.45, 7) is 2.30. The Morgan fingerprint density at radius 2 is 1.09 bits per heavy atom. The van der Waals surface area contributed by atoms with E-state index in [1.165, 1.54) is 6.92 Å². The summed E-state index contributed by atoms with van der Waals surface area (Å²) in [6.07, 6.45) is -4.91. The van der Waals surface area contributed by atoms with Crippen LogP contribution in [-0.2, 0) is 28.8 Å². The Hall–Kier alpha value is -3.30. The van der Waals surface area contributed by atoms with E-state index in [0.717, 1.165) is 6.92 Å². The van der Waals surface area contributed by atoms with Gasteiger partial charge in [0.15, 0.2) is 6.04 Å². The molecule has 0 aromatic rings. The molecule has 0 aliphatic carbocycles. The number of carboxylic acids is 3. The van der Waals surface area contributed by atoms with Gasteiger partial charge in [0.25, 0.3) is 0 Å². The lowest BCUT2D eigenvalue weighted by molar-refractivity contribution is -0.145. The molecule has 6 atom stereocenters. The van der Waals surface area contributed by atoms with Crippen LogP contribution in [0.1, 0.15) is 39.5 Å². The van der Waals surface area contributed by atoms with Crippen LogP contribution in [0.4, 0.5) is 0 Å². The predicted octanol–water partition coefficient (Wildman–Crippen LogP) is -3.66. The van der Waals surface area contributed by atoms with Gasteiger partial charge in [0.05, 0.1) is 12.2 Å². The normalized spacial score (nSPS) is 16.3. The topological polar surface area (TPSA) is 266 Å². The quantitative estimate of drug-likeness (QED) is 0.110. The number of hydrogen-bond donors (Lipinski definition) is 9. The molecule has 15 heteroatoms. The second-order valence-corrected chi connectivity index (χ2v) is 7.32. The largest absolute Gasteiger partial charge is 0.481 e. The summed E-state index contributed by atoms with van der Waals surface area (Å²) in [5.74, 6) is -7.39. The van der Waals surface area contributed by atoms with Crippen molar-refractivity contribution in [1.29, 1.82) is 0 Å². The Labute approximate surface area is 188 Å². The van der Waals surface area contributed by atoms with Gasteiger partial charge in [0, 0.05) is 12.8 Å². The number of aliphatic hydroxyl groups is 2. The molecule has 0 radical (unpaired) electrons. The average Bonchev–Trinajstić information content (AvgIpc) is 2.69. The van der Waals surface area contributed by atoms with Crippen molar-refractivity contribution in [3.05, 3.63) is 0 Å². The van der Waals surface area contributed by atoms with Gasteiger partial charge in [-0.25, -0.2) is 4.79 Å². The highest BCUT2D eigenvalue weighted by Crippen LogP contribution is 2.05. The van der Waals surface area contributed by atoms with Crippen molar-refractivity contribution in [1.82, 2.24) is 16.0 Å². The number of amides is 3. The lowest BCUT2D eigenvalue weighted by atomic mass is 10.1. The van der Waals surface area contributed by atoms with Gasteiger partial charge < -0.3 is 47.2 Å². The number of carboxylic acid groups (broad SMARTS) is 3. The van der Waals surface area contributed by atoms with Gasteiger partial charge in [-0.1, -0.05) is 0 Å². The summed E-state index contributed by atoms with van der Waals surface area (Å²) in [4.78, 5) is 70.3. The summed E-state index contributed by atoms with van der Waals surface area (Å²) in [7, 11) is 0. The fraction of sp³-hybridized carbons (Fsp3) is 0.667. The fourth-order valence-corrected chi connectivity index (χ4v) is 2.48. The number of hydrogen-bond acceptors (Lipinski definition) is 9. The molecule has 10 N–H and O–H groups in total. The van der Waals surface area contributed by atoms with Crippen molar-refractivity contribution in [3.63, 3.8) is 0 Å². The van der Waals surface area contributed by atoms with Crippen LogP contribution in [0.3, 0.4) is 0 Å². The Kier molecular flexibility index (Phi) is 12.6. The van der Waals surface area contributed by atoms with E-state index in [1.807, 2.05) is 5.32 Å². The van der Waals surface area contributed by atoms with E-state index in [0.29, 0.717) is 0 Å². The van der Waals surface area contributed by atoms with Crippen LogP contribution in [0, 0.1) is 0 Å². The minimum Gasteiger partial charge on any atom is -0.481 e. The van der Waals surface area contributed by atoms with Crippen LogP contribution in [0.5, 0.6) is 0 Å².